The highest BCUT2D eigenvalue weighted by Crippen LogP contribution is 2.13. The maximum atomic E-state index is 12.3. The Morgan fingerprint density at radius 3 is 1.13 bits per heavy atom. The third kappa shape index (κ3) is 39.1. The summed E-state index contributed by atoms with van der Waals surface area (Å²) in [6.07, 6.45) is 29.6. The summed E-state index contributed by atoms with van der Waals surface area (Å²) in [7, 11) is -1.50. The molecule has 11 heteroatoms. The van der Waals surface area contributed by atoms with Crippen LogP contribution in [0.25, 0.3) is 0 Å². The van der Waals surface area contributed by atoms with E-state index in [9.17, 15) is 27.7 Å². The Morgan fingerprint density at radius 2 is 0.872 bits per heavy atom. The van der Waals surface area contributed by atoms with Gasteiger partial charge in [-0.3, -0.25) is 13.8 Å². The standard InChI is InChI=1S/C35H71N3O3.CH4O4S/c1-4-6-8-10-12-14-16-18-20-22-24-26-34(40)36-28-30-38(3,32-33-39)31-29-37-35(41)27-25-23-21-19-17-15-13-11-9-7-5-2;1-5-6(2,3)4/h39H,4-33H2,1-3H3,(H-,36,37,40,41);1H3,(H,2,3,4). The number of rotatable bonds is 33. The first-order valence-electron chi connectivity index (χ1n) is 19.0. The van der Waals surface area contributed by atoms with Crippen LogP contribution in [0.5, 0.6) is 0 Å². The van der Waals surface area contributed by atoms with Gasteiger partial charge in [-0.15, -0.1) is 0 Å². The fourth-order valence-electron chi connectivity index (χ4n) is 5.58. The summed E-state index contributed by atoms with van der Waals surface area (Å²) in [4.78, 5) is 24.5. The zero-order chi connectivity index (χ0) is 35.5. The monoisotopic (exact) mass is 694 g/mol. The number of likely N-dealkylation sites (N-methyl/N-ethyl adjacent to an activating group) is 1. The Hall–Kier alpha value is -1.27. The number of hydrogen-bond acceptors (Lipinski definition) is 7. The first-order chi connectivity index (χ1) is 22.5. The van der Waals surface area contributed by atoms with Crippen molar-refractivity contribution in [2.75, 3.05) is 53.5 Å². The average Bonchev–Trinajstić information content (AvgIpc) is 3.02. The molecule has 0 aromatic rings. The third-order valence-electron chi connectivity index (χ3n) is 8.81. The van der Waals surface area contributed by atoms with Crippen molar-refractivity contribution in [3.63, 3.8) is 0 Å². The Balaban J connectivity index is 0. The molecule has 0 aromatic heterocycles. The van der Waals surface area contributed by atoms with Crippen molar-refractivity contribution in [3.8, 4) is 0 Å². The topological polar surface area (TPSA) is 145 Å². The predicted molar refractivity (Wildman–Crippen MR) is 193 cm³/mol. The molecule has 0 aliphatic heterocycles. The number of unbranched alkanes of at least 4 members (excludes halogenated alkanes) is 20. The van der Waals surface area contributed by atoms with E-state index < -0.39 is 10.4 Å². The van der Waals surface area contributed by atoms with Crippen LogP contribution in [0, 0.1) is 0 Å². The van der Waals surface area contributed by atoms with Crippen LogP contribution in [-0.4, -0.2) is 87.9 Å². The van der Waals surface area contributed by atoms with Crippen LogP contribution in [0.3, 0.4) is 0 Å². The normalized spacial score (nSPS) is 11.6. The minimum atomic E-state index is -4.41. The van der Waals surface area contributed by atoms with E-state index in [2.05, 4.69) is 35.7 Å². The van der Waals surface area contributed by atoms with Gasteiger partial charge in [-0.2, -0.15) is 0 Å². The van der Waals surface area contributed by atoms with E-state index >= 15 is 0 Å². The van der Waals surface area contributed by atoms with Gasteiger partial charge in [0.2, 0.25) is 22.2 Å². The highest BCUT2D eigenvalue weighted by molar-refractivity contribution is 7.80. The number of aliphatic hydroxyl groups excluding tert-OH is 1. The van der Waals surface area contributed by atoms with Crippen LogP contribution in [0.2, 0.25) is 0 Å². The van der Waals surface area contributed by atoms with Crippen molar-refractivity contribution in [2.24, 2.45) is 0 Å². The van der Waals surface area contributed by atoms with Crippen LogP contribution in [0.15, 0.2) is 0 Å². The number of nitrogens with zero attached hydrogens (tertiary/aromatic N) is 1. The molecule has 0 radical (unpaired) electrons. The lowest BCUT2D eigenvalue weighted by Gasteiger charge is -2.34. The van der Waals surface area contributed by atoms with Gasteiger partial charge in [-0.25, -0.2) is 8.42 Å². The lowest BCUT2D eigenvalue weighted by atomic mass is 10.1. The van der Waals surface area contributed by atoms with Gasteiger partial charge < -0.3 is 24.8 Å². The quantitative estimate of drug-likeness (QED) is 0.0286. The second-order valence-electron chi connectivity index (χ2n) is 13.4. The molecule has 0 atom stereocenters. The van der Waals surface area contributed by atoms with Gasteiger partial charge in [-0.1, -0.05) is 142 Å². The molecule has 0 aliphatic rings. The molecule has 0 rings (SSSR count). The van der Waals surface area contributed by atoms with E-state index in [-0.39, 0.29) is 18.4 Å². The van der Waals surface area contributed by atoms with Crippen molar-refractivity contribution >= 4 is 22.2 Å². The molecule has 10 nitrogen and oxygen atoms in total. The lowest BCUT2D eigenvalue weighted by Crippen LogP contribution is -2.53. The molecular formula is C36H75N3O7S. The van der Waals surface area contributed by atoms with E-state index in [0.29, 0.717) is 37.0 Å². The van der Waals surface area contributed by atoms with Crippen molar-refractivity contribution in [2.45, 2.75) is 168 Å². The minimum absolute atomic E-state index is 0.107. The Morgan fingerprint density at radius 1 is 0.596 bits per heavy atom. The van der Waals surface area contributed by atoms with Crippen molar-refractivity contribution in [3.05, 3.63) is 0 Å². The van der Waals surface area contributed by atoms with Crippen LogP contribution >= 0.6 is 0 Å². The summed E-state index contributed by atoms with van der Waals surface area (Å²) < 4.78 is 31.7. The number of quaternary nitrogens is 1. The summed E-state index contributed by atoms with van der Waals surface area (Å²) in [6.45, 7) is 8.01. The third-order valence-corrected chi connectivity index (χ3v) is 9.21. The van der Waals surface area contributed by atoms with Gasteiger partial charge in [0, 0.05) is 12.8 Å². The van der Waals surface area contributed by atoms with E-state index in [1.54, 1.807) is 0 Å². The fourth-order valence-corrected chi connectivity index (χ4v) is 5.58. The smallest absolute Gasteiger partial charge is 0.220 e. The number of hydrogen-bond donors (Lipinski definition) is 3. The first-order valence-corrected chi connectivity index (χ1v) is 20.4. The Labute approximate surface area is 290 Å². The molecule has 0 fully saturated rings. The molecule has 0 unspecified atom stereocenters. The predicted octanol–water partition coefficient (Wildman–Crippen LogP) is 7.15. The number of carbonyl (C=O) groups is 2. The molecule has 0 saturated carbocycles. The summed E-state index contributed by atoms with van der Waals surface area (Å²) in [5.41, 5.74) is 0. The van der Waals surface area contributed by atoms with E-state index in [4.69, 9.17) is 0 Å². The summed E-state index contributed by atoms with van der Waals surface area (Å²) in [6, 6.07) is 0. The second-order valence-corrected chi connectivity index (χ2v) is 14.5. The van der Waals surface area contributed by atoms with Gasteiger partial charge in [-0.05, 0) is 12.8 Å². The average molecular weight is 694 g/mol. The molecule has 0 heterocycles. The van der Waals surface area contributed by atoms with Gasteiger partial charge in [0.15, 0.2) is 0 Å². The van der Waals surface area contributed by atoms with Gasteiger partial charge in [0.25, 0.3) is 0 Å². The molecule has 0 aliphatic carbocycles. The maximum Gasteiger partial charge on any atom is 0.220 e. The Kier molecular flexibility index (Phi) is 35.2. The highest BCUT2D eigenvalue weighted by Gasteiger charge is 2.21. The SMILES string of the molecule is CCCCCCCCCCCCCC(=O)NCC[N+](C)(CCO)CCNC(=O)CCCCCCCCCCCCC.COS(=O)(=O)[O-]. The number of aliphatic hydroxyl groups is 1. The number of carbonyl (C=O) groups excluding carboxylic acids is 2. The van der Waals surface area contributed by atoms with Crippen LogP contribution < -0.4 is 10.6 Å². The molecular weight excluding hydrogens is 618 g/mol. The first kappa shape index (κ1) is 47.8. The molecule has 282 valence electrons. The number of nitrogens with one attached hydrogen (secondary N) is 2. The van der Waals surface area contributed by atoms with Crippen molar-refractivity contribution < 1.29 is 36.3 Å². The van der Waals surface area contributed by atoms with Crippen LogP contribution in [-0.2, 0) is 24.2 Å². The minimum Gasteiger partial charge on any atom is -0.726 e. The largest absolute Gasteiger partial charge is 0.726 e. The molecule has 0 bridgehead atoms. The Bertz CT molecular complexity index is 768. The molecule has 0 aromatic carbocycles. The second kappa shape index (κ2) is 34.6. The lowest BCUT2D eigenvalue weighted by molar-refractivity contribution is -0.907. The number of amides is 2. The maximum absolute atomic E-state index is 12.3. The molecule has 47 heavy (non-hydrogen) atoms. The van der Waals surface area contributed by atoms with E-state index in [0.717, 1.165) is 45.9 Å². The molecule has 2 amide bonds. The van der Waals surface area contributed by atoms with Crippen LogP contribution in [0.4, 0.5) is 0 Å². The van der Waals surface area contributed by atoms with E-state index in [1.165, 1.54) is 116 Å². The zero-order valence-electron chi connectivity index (χ0n) is 31.0. The summed E-state index contributed by atoms with van der Waals surface area (Å²) in [5, 5.41) is 15.7. The van der Waals surface area contributed by atoms with Gasteiger partial charge >= 0.3 is 0 Å². The zero-order valence-corrected chi connectivity index (χ0v) is 31.8. The summed E-state index contributed by atoms with van der Waals surface area (Å²) >= 11 is 0. The van der Waals surface area contributed by atoms with Crippen molar-refractivity contribution in [1.29, 1.82) is 0 Å². The highest BCUT2D eigenvalue weighted by atomic mass is 32.3. The molecule has 0 spiro atoms. The molecule has 0 saturated heterocycles. The van der Waals surface area contributed by atoms with Gasteiger partial charge in [0.1, 0.15) is 6.54 Å². The van der Waals surface area contributed by atoms with E-state index in [1.807, 2.05) is 0 Å². The van der Waals surface area contributed by atoms with Gasteiger partial charge in [0.05, 0.1) is 46.9 Å². The molecule has 3 N–H and O–H groups in total. The van der Waals surface area contributed by atoms with Crippen molar-refractivity contribution in [1.82, 2.24) is 10.6 Å². The summed E-state index contributed by atoms with van der Waals surface area (Å²) in [5.74, 6) is 0.272. The fraction of sp³-hybridized carbons (Fsp3) is 0.944. The van der Waals surface area contributed by atoms with Crippen LogP contribution in [0.1, 0.15) is 168 Å².